The summed E-state index contributed by atoms with van der Waals surface area (Å²) in [7, 11) is 0. The second-order valence-corrected chi connectivity index (χ2v) is 8.52. The minimum atomic E-state index is -0.695. The van der Waals surface area contributed by atoms with Crippen molar-refractivity contribution in [3.05, 3.63) is 72.1 Å². The predicted octanol–water partition coefficient (Wildman–Crippen LogP) is 5.19. The molecule has 0 aliphatic carbocycles. The van der Waals surface area contributed by atoms with Crippen LogP contribution in [-0.4, -0.2) is 33.4 Å². The van der Waals surface area contributed by atoms with Crippen LogP contribution in [0.2, 0.25) is 10.0 Å². The molecule has 31 heavy (non-hydrogen) atoms. The smallest absolute Gasteiger partial charge is 0.294 e. The lowest BCUT2D eigenvalue weighted by atomic mass is 10.1. The number of amides is 3. The molecule has 0 spiro atoms. The molecule has 0 unspecified atom stereocenters. The van der Waals surface area contributed by atoms with Crippen LogP contribution in [0, 0.1) is 24.0 Å². The van der Waals surface area contributed by atoms with Crippen molar-refractivity contribution in [2.75, 3.05) is 11.9 Å². The third-order valence-electron chi connectivity index (χ3n) is 4.38. The van der Waals surface area contributed by atoms with E-state index in [2.05, 4.69) is 5.32 Å². The second kappa shape index (κ2) is 9.09. The number of nitro groups is 1. The van der Waals surface area contributed by atoms with Crippen LogP contribution in [0.25, 0.3) is 6.08 Å². The molecule has 8 nitrogen and oxygen atoms in total. The summed E-state index contributed by atoms with van der Waals surface area (Å²) in [5.74, 6) is -1.23. The first kappa shape index (κ1) is 22.8. The van der Waals surface area contributed by atoms with Gasteiger partial charge in [0.15, 0.2) is 0 Å². The Morgan fingerprint density at radius 2 is 1.90 bits per heavy atom. The number of rotatable bonds is 5. The van der Waals surface area contributed by atoms with Gasteiger partial charge in [-0.2, -0.15) is 0 Å². The Morgan fingerprint density at radius 3 is 2.55 bits per heavy atom. The summed E-state index contributed by atoms with van der Waals surface area (Å²) in [5, 5.41) is 13.1. The summed E-state index contributed by atoms with van der Waals surface area (Å²) in [4.78, 5) is 48.5. The monoisotopic (exact) mass is 479 g/mol. The highest BCUT2D eigenvalue weighted by Crippen LogP contribution is 2.36. The van der Waals surface area contributed by atoms with E-state index in [-0.39, 0.29) is 26.2 Å². The van der Waals surface area contributed by atoms with Gasteiger partial charge in [-0.1, -0.05) is 40.9 Å². The van der Waals surface area contributed by atoms with Crippen molar-refractivity contribution in [2.24, 2.45) is 0 Å². The number of nitrogens with one attached hydrogen (secondary N) is 1. The van der Waals surface area contributed by atoms with Gasteiger partial charge in [-0.3, -0.25) is 29.4 Å². The van der Waals surface area contributed by atoms with Crippen LogP contribution < -0.4 is 5.32 Å². The summed E-state index contributed by atoms with van der Waals surface area (Å²) < 4.78 is 0. The number of imide groups is 1. The number of hydrogen-bond acceptors (Lipinski definition) is 6. The number of halogens is 2. The average molecular weight is 480 g/mol. The fraction of sp³-hybridized carbons (Fsp3) is 0.150. The molecule has 0 saturated carbocycles. The first-order chi connectivity index (χ1) is 14.6. The SMILES string of the molecule is Cc1ccc(NC(=O)CN2C(=O)S/C(=C\c3cc([N+](=O)[O-])c(Cl)cc3Cl)C2=O)c(C)c1. The van der Waals surface area contributed by atoms with Crippen LogP contribution in [0.3, 0.4) is 0 Å². The van der Waals surface area contributed by atoms with Gasteiger partial charge in [-0.15, -0.1) is 0 Å². The number of hydrogen-bond donors (Lipinski definition) is 1. The molecule has 1 aliphatic rings. The zero-order chi connectivity index (χ0) is 22.9. The minimum absolute atomic E-state index is 0.0113. The molecule has 2 aromatic carbocycles. The number of carbonyl (C=O) groups excluding carboxylic acids is 3. The lowest BCUT2D eigenvalue weighted by molar-refractivity contribution is -0.384. The van der Waals surface area contributed by atoms with Crippen LogP contribution >= 0.6 is 35.0 Å². The molecule has 1 heterocycles. The second-order valence-electron chi connectivity index (χ2n) is 6.72. The maximum absolute atomic E-state index is 12.6. The van der Waals surface area contributed by atoms with Crippen molar-refractivity contribution in [1.29, 1.82) is 0 Å². The van der Waals surface area contributed by atoms with Gasteiger partial charge < -0.3 is 5.32 Å². The molecule has 0 atom stereocenters. The Hall–Kier alpha value is -2.88. The van der Waals surface area contributed by atoms with E-state index in [1.54, 1.807) is 6.07 Å². The molecule has 1 fully saturated rings. The zero-order valence-electron chi connectivity index (χ0n) is 16.3. The quantitative estimate of drug-likeness (QED) is 0.358. The Kier molecular flexibility index (Phi) is 6.68. The molecular weight excluding hydrogens is 465 g/mol. The van der Waals surface area contributed by atoms with E-state index in [1.807, 2.05) is 26.0 Å². The van der Waals surface area contributed by atoms with Gasteiger partial charge in [0.2, 0.25) is 5.91 Å². The highest BCUT2D eigenvalue weighted by Gasteiger charge is 2.36. The topological polar surface area (TPSA) is 110 Å². The maximum Gasteiger partial charge on any atom is 0.294 e. The summed E-state index contributed by atoms with van der Waals surface area (Å²) in [6, 6.07) is 7.78. The Balaban J connectivity index is 1.79. The lowest BCUT2D eigenvalue weighted by Crippen LogP contribution is -2.36. The van der Waals surface area contributed by atoms with Gasteiger partial charge in [-0.25, -0.2) is 0 Å². The molecule has 0 radical (unpaired) electrons. The molecule has 1 aliphatic heterocycles. The molecule has 2 aromatic rings. The van der Waals surface area contributed by atoms with Gasteiger partial charge in [0.25, 0.3) is 16.8 Å². The normalized spacial score (nSPS) is 15.0. The highest BCUT2D eigenvalue weighted by molar-refractivity contribution is 8.18. The van der Waals surface area contributed by atoms with Crippen molar-refractivity contribution < 1.29 is 19.3 Å². The Bertz CT molecular complexity index is 1170. The number of aryl methyl sites for hydroxylation is 2. The largest absolute Gasteiger partial charge is 0.324 e. The number of anilines is 1. The third kappa shape index (κ3) is 5.07. The van der Waals surface area contributed by atoms with E-state index in [4.69, 9.17) is 23.2 Å². The molecule has 0 aromatic heterocycles. The minimum Gasteiger partial charge on any atom is -0.324 e. The van der Waals surface area contributed by atoms with Gasteiger partial charge in [0.1, 0.15) is 11.6 Å². The molecule has 1 N–H and O–H groups in total. The van der Waals surface area contributed by atoms with Gasteiger partial charge in [0.05, 0.1) is 9.83 Å². The molecule has 160 valence electrons. The third-order valence-corrected chi connectivity index (χ3v) is 5.92. The summed E-state index contributed by atoms with van der Waals surface area (Å²) in [5.41, 5.74) is 2.24. The zero-order valence-corrected chi connectivity index (χ0v) is 18.6. The van der Waals surface area contributed by atoms with Crippen molar-refractivity contribution in [3.63, 3.8) is 0 Å². The van der Waals surface area contributed by atoms with E-state index >= 15 is 0 Å². The highest BCUT2D eigenvalue weighted by atomic mass is 35.5. The lowest BCUT2D eigenvalue weighted by Gasteiger charge is -2.14. The number of nitro benzene ring substituents is 1. The van der Waals surface area contributed by atoms with Crippen molar-refractivity contribution in [1.82, 2.24) is 4.90 Å². The summed E-state index contributed by atoms with van der Waals surface area (Å²) in [6.07, 6.45) is 1.26. The molecule has 3 rings (SSSR count). The van der Waals surface area contributed by atoms with Crippen LogP contribution in [0.5, 0.6) is 0 Å². The van der Waals surface area contributed by atoms with E-state index in [0.29, 0.717) is 17.4 Å². The van der Waals surface area contributed by atoms with Crippen LogP contribution in [0.1, 0.15) is 16.7 Å². The van der Waals surface area contributed by atoms with E-state index in [1.165, 1.54) is 12.1 Å². The molecule has 0 bridgehead atoms. The molecule has 11 heteroatoms. The summed E-state index contributed by atoms with van der Waals surface area (Å²) >= 11 is 12.5. The number of benzene rings is 2. The fourth-order valence-corrected chi connectivity index (χ4v) is 4.20. The number of carbonyl (C=O) groups is 3. The number of thioether (sulfide) groups is 1. The van der Waals surface area contributed by atoms with Crippen molar-refractivity contribution >= 4 is 69.5 Å². The predicted molar refractivity (Wildman–Crippen MR) is 120 cm³/mol. The van der Waals surface area contributed by atoms with Crippen molar-refractivity contribution in [3.8, 4) is 0 Å². The Labute approximate surface area is 191 Å². The molecule has 1 saturated heterocycles. The Morgan fingerprint density at radius 1 is 1.19 bits per heavy atom. The molecular formula is C20H15Cl2N3O5S. The summed E-state index contributed by atoms with van der Waals surface area (Å²) in [6.45, 7) is 3.29. The maximum atomic E-state index is 12.6. The van der Waals surface area contributed by atoms with E-state index in [9.17, 15) is 24.5 Å². The van der Waals surface area contributed by atoms with E-state index < -0.39 is 28.5 Å². The number of nitrogens with zero attached hydrogens (tertiary/aromatic N) is 2. The van der Waals surface area contributed by atoms with Crippen LogP contribution in [-0.2, 0) is 9.59 Å². The van der Waals surface area contributed by atoms with Gasteiger partial charge >= 0.3 is 0 Å². The van der Waals surface area contributed by atoms with Crippen molar-refractivity contribution in [2.45, 2.75) is 13.8 Å². The van der Waals surface area contributed by atoms with Crippen LogP contribution in [0.4, 0.5) is 16.2 Å². The van der Waals surface area contributed by atoms with Crippen LogP contribution in [0.15, 0.2) is 35.2 Å². The van der Waals surface area contributed by atoms with Gasteiger partial charge in [0, 0.05) is 22.3 Å². The standard InChI is InChI=1S/C20H15Cl2N3O5S/c1-10-3-4-15(11(2)5-10)23-18(26)9-24-19(27)17(31-20(24)28)7-12-6-16(25(29)30)14(22)8-13(12)21/h3-8H,9H2,1-2H3,(H,23,26)/b17-7-. The first-order valence-corrected chi connectivity index (χ1v) is 10.4. The van der Waals surface area contributed by atoms with Gasteiger partial charge in [-0.05, 0) is 49.4 Å². The first-order valence-electron chi connectivity index (χ1n) is 8.82. The van der Waals surface area contributed by atoms with E-state index in [0.717, 1.165) is 22.1 Å². The fourth-order valence-electron chi connectivity index (χ4n) is 2.87. The molecule has 3 amide bonds. The average Bonchev–Trinajstić information content (AvgIpc) is 2.93.